The number of aromatic amines is 1. The van der Waals surface area contributed by atoms with Crippen LogP contribution >= 0.6 is 11.6 Å². The number of aromatic nitrogens is 2. The molecule has 0 saturated heterocycles. The average Bonchev–Trinajstić information content (AvgIpc) is 2.96. The summed E-state index contributed by atoms with van der Waals surface area (Å²) in [7, 11) is 0. The molecule has 30 heavy (non-hydrogen) atoms. The molecule has 1 aliphatic heterocycles. The van der Waals surface area contributed by atoms with Gasteiger partial charge in [0.15, 0.2) is 0 Å². The van der Waals surface area contributed by atoms with Gasteiger partial charge in [0.05, 0.1) is 27.6 Å². The summed E-state index contributed by atoms with van der Waals surface area (Å²) in [5, 5.41) is 0.784. The SMILES string of the molecule is C=CCN1C(=O)c2ccc(C(=O)OCc3nc4cc(Cl)ccc4c(=O)[nH]3)cc2C1=O. The lowest BCUT2D eigenvalue weighted by Crippen LogP contribution is -2.29. The second kappa shape index (κ2) is 7.57. The number of nitrogens with one attached hydrogen (secondary N) is 1. The predicted octanol–water partition coefficient (Wildman–Crippen LogP) is 2.72. The van der Waals surface area contributed by atoms with Gasteiger partial charge in [-0.25, -0.2) is 9.78 Å². The fourth-order valence-electron chi connectivity index (χ4n) is 3.16. The van der Waals surface area contributed by atoms with E-state index in [9.17, 15) is 19.2 Å². The van der Waals surface area contributed by atoms with E-state index < -0.39 is 17.8 Å². The van der Waals surface area contributed by atoms with E-state index >= 15 is 0 Å². The Morgan fingerprint density at radius 3 is 2.67 bits per heavy atom. The summed E-state index contributed by atoms with van der Waals surface area (Å²) in [5.41, 5.74) is 0.438. The molecule has 0 unspecified atom stereocenters. The van der Waals surface area contributed by atoms with E-state index in [1.807, 2.05) is 0 Å². The van der Waals surface area contributed by atoms with Crippen molar-refractivity contribution in [2.24, 2.45) is 0 Å². The third-order valence-electron chi connectivity index (χ3n) is 4.58. The number of fused-ring (bicyclic) bond motifs is 2. The Balaban J connectivity index is 1.54. The number of rotatable bonds is 5. The number of ether oxygens (including phenoxy) is 1. The molecule has 1 N–H and O–H groups in total. The largest absolute Gasteiger partial charge is 0.454 e. The maximum atomic E-state index is 12.4. The Bertz CT molecular complexity index is 1300. The molecule has 0 radical (unpaired) electrons. The maximum Gasteiger partial charge on any atom is 0.338 e. The standard InChI is InChI=1S/C21H14ClN3O5/c1-2-7-25-19(27)13-5-3-11(8-15(13)20(25)28)21(29)30-10-17-23-16-9-12(22)4-6-14(16)18(26)24-17/h2-6,8-9H,1,7,10H2,(H,23,24,26). The minimum absolute atomic E-state index is 0.0805. The van der Waals surface area contributed by atoms with E-state index in [1.165, 1.54) is 30.3 Å². The van der Waals surface area contributed by atoms with Crippen LogP contribution in [0.15, 0.2) is 53.8 Å². The lowest BCUT2D eigenvalue weighted by atomic mass is 10.1. The number of imide groups is 1. The minimum Gasteiger partial charge on any atom is -0.454 e. The first-order chi connectivity index (χ1) is 14.4. The Hall–Kier alpha value is -3.78. The van der Waals surface area contributed by atoms with E-state index in [1.54, 1.807) is 12.1 Å². The summed E-state index contributed by atoms with van der Waals surface area (Å²) in [6.07, 6.45) is 1.45. The lowest BCUT2D eigenvalue weighted by molar-refractivity contribution is 0.0462. The molecular formula is C21H14ClN3O5. The zero-order valence-electron chi connectivity index (χ0n) is 15.5. The molecule has 3 aromatic rings. The summed E-state index contributed by atoms with van der Waals surface area (Å²) in [4.78, 5) is 57.0. The average molecular weight is 424 g/mol. The van der Waals surface area contributed by atoms with E-state index in [0.717, 1.165) is 4.90 Å². The van der Waals surface area contributed by atoms with Gasteiger partial charge in [-0.2, -0.15) is 0 Å². The van der Waals surface area contributed by atoms with Crippen LogP contribution in [-0.2, 0) is 11.3 Å². The highest BCUT2D eigenvalue weighted by Gasteiger charge is 2.35. The zero-order chi connectivity index (χ0) is 21.4. The van der Waals surface area contributed by atoms with Gasteiger partial charge in [-0.05, 0) is 36.4 Å². The van der Waals surface area contributed by atoms with Crippen LogP contribution in [0.3, 0.4) is 0 Å². The Kier molecular flexibility index (Phi) is 4.93. The van der Waals surface area contributed by atoms with E-state index in [-0.39, 0.29) is 41.2 Å². The van der Waals surface area contributed by atoms with Crippen LogP contribution in [0, 0.1) is 0 Å². The van der Waals surface area contributed by atoms with Crippen LogP contribution in [0.1, 0.15) is 36.9 Å². The number of esters is 1. The molecule has 1 aromatic heterocycles. The van der Waals surface area contributed by atoms with Crippen LogP contribution in [0.4, 0.5) is 0 Å². The van der Waals surface area contributed by atoms with Crippen molar-refractivity contribution >= 4 is 40.3 Å². The second-order valence-corrected chi connectivity index (χ2v) is 6.96. The first kappa shape index (κ1) is 19.5. The molecule has 2 amide bonds. The van der Waals surface area contributed by atoms with Gasteiger partial charge >= 0.3 is 5.97 Å². The quantitative estimate of drug-likeness (QED) is 0.384. The van der Waals surface area contributed by atoms with Crippen molar-refractivity contribution in [3.63, 3.8) is 0 Å². The molecule has 4 rings (SSSR count). The summed E-state index contributed by atoms with van der Waals surface area (Å²) in [6.45, 7) is 3.32. The van der Waals surface area contributed by atoms with Crippen LogP contribution in [0.5, 0.6) is 0 Å². The number of H-pyrrole nitrogens is 1. The zero-order valence-corrected chi connectivity index (χ0v) is 16.2. The number of amides is 2. The topological polar surface area (TPSA) is 109 Å². The van der Waals surface area contributed by atoms with Crippen molar-refractivity contribution in [2.45, 2.75) is 6.61 Å². The summed E-state index contributed by atoms with van der Waals surface area (Å²) in [5.74, 6) is -1.52. The molecule has 0 bridgehead atoms. The monoisotopic (exact) mass is 423 g/mol. The minimum atomic E-state index is -0.728. The van der Waals surface area contributed by atoms with Crippen LogP contribution in [0.2, 0.25) is 5.02 Å². The third kappa shape index (κ3) is 3.37. The van der Waals surface area contributed by atoms with Gasteiger partial charge < -0.3 is 9.72 Å². The molecule has 9 heteroatoms. The first-order valence-electron chi connectivity index (χ1n) is 8.86. The van der Waals surface area contributed by atoms with Crippen LogP contribution < -0.4 is 5.56 Å². The first-order valence-corrected chi connectivity index (χ1v) is 9.23. The van der Waals surface area contributed by atoms with Gasteiger partial charge in [0.25, 0.3) is 17.4 Å². The highest BCUT2D eigenvalue weighted by molar-refractivity contribution is 6.31. The number of hydrogen-bond acceptors (Lipinski definition) is 6. The molecule has 0 saturated carbocycles. The molecular weight excluding hydrogens is 410 g/mol. The van der Waals surface area contributed by atoms with E-state index in [0.29, 0.717) is 15.9 Å². The highest BCUT2D eigenvalue weighted by atomic mass is 35.5. The number of halogens is 1. The number of benzene rings is 2. The Morgan fingerprint density at radius 1 is 1.13 bits per heavy atom. The van der Waals surface area contributed by atoms with Gasteiger partial charge in [-0.15, -0.1) is 6.58 Å². The molecule has 8 nitrogen and oxygen atoms in total. The number of nitrogens with zero attached hydrogens (tertiary/aromatic N) is 2. The molecule has 0 fully saturated rings. The van der Waals surface area contributed by atoms with Gasteiger partial charge in [0.1, 0.15) is 12.4 Å². The summed E-state index contributed by atoms with van der Waals surface area (Å²) < 4.78 is 5.21. The van der Waals surface area contributed by atoms with Gasteiger partial charge in [0.2, 0.25) is 0 Å². The van der Waals surface area contributed by atoms with E-state index in [4.69, 9.17) is 16.3 Å². The molecule has 0 atom stereocenters. The van der Waals surface area contributed by atoms with Crippen molar-refractivity contribution in [1.82, 2.24) is 14.9 Å². The van der Waals surface area contributed by atoms with Crippen LogP contribution in [-0.4, -0.2) is 39.2 Å². The third-order valence-corrected chi connectivity index (χ3v) is 4.81. The van der Waals surface area contributed by atoms with Gasteiger partial charge in [0, 0.05) is 11.6 Å². The fourth-order valence-corrected chi connectivity index (χ4v) is 3.33. The predicted molar refractivity (Wildman–Crippen MR) is 108 cm³/mol. The van der Waals surface area contributed by atoms with Gasteiger partial charge in [-0.3, -0.25) is 19.3 Å². The Labute approximate surface area is 174 Å². The highest BCUT2D eigenvalue weighted by Crippen LogP contribution is 2.24. The summed E-state index contributed by atoms with van der Waals surface area (Å²) in [6, 6.07) is 8.80. The summed E-state index contributed by atoms with van der Waals surface area (Å²) >= 11 is 5.93. The van der Waals surface area contributed by atoms with Crippen molar-refractivity contribution in [3.8, 4) is 0 Å². The molecule has 2 aromatic carbocycles. The number of carbonyl (C=O) groups is 3. The molecule has 1 aliphatic rings. The second-order valence-electron chi connectivity index (χ2n) is 6.52. The molecule has 0 aliphatic carbocycles. The smallest absolute Gasteiger partial charge is 0.338 e. The Morgan fingerprint density at radius 2 is 1.90 bits per heavy atom. The van der Waals surface area contributed by atoms with Crippen molar-refractivity contribution < 1.29 is 19.1 Å². The maximum absolute atomic E-state index is 12.4. The van der Waals surface area contributed by atoms with E-state index in [2.05, 4.69) is 16.5 Å². The van der Waals surface area contributed by atoms with Crippen molar-refractivity contribution in [3.05, 3.63) is 86.9 Å². The van der Waals surface area contributed by atoms with Crippen LogP contribution in [0.25, 0.3) is 10.9 Å². The molecule has 0 spiro atoms. The number of hydrogen-bond donors (Lipinski definition) is 1. The van der Waals surface area contributed by atoms with Crippen molar-refractivity contribution in [2.75, 3.05) is 6.54 Å². The number of carbonyl (C=O) groups excluding carboxylic acids is 3. The fraction of sp³-hybridized carbons (Fsp3) is 0.0952. The lowest BCUT2D eigenvalue weighted by Gasteiger charge is -2.09. The molecule has 2 heterocycles. The molecule has 150 valence electrons. The normalized spacial score (nSPS) is 12.9. The van der Waals surface area contributed by atoms with Crippen molar-refractivity contribution in [1.29, 1.82) is 0 Å². The van der Waals surface area contributed by atoms with Gasteiger partial charge in [-0.1, -0.05) is 17.7 Å².